The number of nitrogens with one attached hydrogen (secondary N) is 1. The van der Waals surface area contributed by atoms with Crippen LogP contribution in [-0.2, 0) is 18.9 Å². The van der Waals surface area contributed by atoms with E-state index in [1.807, 2.05) is 6.08 Å². The zero-order chi connectivity index (χ0) is 23.5. The van der Waals surface area contributed by atoms with Crippen molar-refractivity contribution in [3.63, 3.8) is 0 Å². The predicted molar refractivity (Wildman–Crippen MR) is 111 cm³/mol. The monoisotopic (exact) mass is 477 g/mol. The van der Waals surface area contributed by atoms with Crippen LogP contribution >= 0.6 is 11.8 Å². The summed E-state index contributed by atoms with van der Waals surface area (Å²) in [6, 6.07) is 1.78. The van der Waals surface area contributed by atoms with Crippen LogP contribution in [0.4, 0.5) is 31.1 Å². The highest BCUT2D eigenvalue weighted by Crippen LogP contribution is 2.38. The molecule has 2 aliphatic heterocycles. The SMILES string of the molecule is C=CCNC1=NC(=O)S/C1=C\C1CCN(Cc2ccc(C(F)(F)F)cc2C(F)(F)F)CC1. The zero-order valence-corrected chi connectivity index (χ0v) is 17.7. The van der Waals surface area contributed by atoms with E-state index < -0.39 is 23.5 Å². The number of nitrogens with zero attached hydrogens (tertiary/aromatic N) is 2. The Hall–Kier alpha value is -2.27. The van der Waals surface area contributed by atoms with Gasteiger partial charge in [-0.3, -0.25) is 9.69 Å². The van der Waals surface area contributed by atoms with Crippen LogP contribution in [0.5, 0.6) is 0 Å². The highest BCUT2D eigenvalue weighted by molar-refractivity contribution is 8.18. The number of allylic oxidation sites excluding steroid dienone is 1. The Morgan fingerprint density at radius 2 is 1.84 bits per heavy atom. The molecule has 1 N–H and O–H groups in total. The molecule has 0 saturated carbocycles. The second-order valence-corrected chi connectivity index (χ2v) is 8.50. The summed E-state index contributed by atoms with van der Waals surface area (Å²) in [4.78, 5) is 18.1. The lowest BCUT2D eigenvalue weighted by Crippen LogP contribution is -2.33. The topological polar surface area (TPSA) is 44.7 Å². The molecule has 0 spiro atoms. The number of carbonyl (C=O) groups excluding carboxylic acids is 1. The number of aliphatic imine (C=N–C) groups is 1. The van der Waals surface area contributed by atoms with Crippen molar-refractivity contribution >= 4 is 22.8 Å². The summed E-state index contributed by atoms with van der Waals surface area (Å²) < 4.78 is 78.7. The van der Waals surface area contributed by atoms with Crippen molar-refractivity contribution in [1.82, 2.24) is 10.2 Å². The van der Waals surface area contributed by atoms with Gasteiger partial charge in [-0.05, 0) is 61.3 Å². The second kappa shape index (κ2) is 9.70. The molecule has 1 aromatic rings. The van der Waals surface area contributed by atoms with Crippen LogP contribution in [0, 0.1) is 5.92 Å². The van der Waals surface area contributed by atoms with Crippen LogP contribution in [-0.4, -0.2) is 35.6 Å². The Morgan fingerprint density at radius 1 is 1.16 bits per heavy atom. The fraction of sp³-hybridized carbons (Fsp3) is 0.429. The van der Waals surface area contributed by atoms with Gasteiger partial charge in [-0.15, -0.1) is 6.58 Å². The molecule has 1 fully saturated rings. The Kier molecular flexibility index (Phi) is 7.39. The number of hydrogen-bond donors (Lipinski definition) is 1. The molecule has 0 aliphatic carbocycles. The average molecular weight is 477 g/mol. The first-order valence-corrected chi connectivity index (χ1v) is 10.7. The molecule has 4 nitrogen and oxygen atoms in total. The minimum atomic E-state index is -4.88. The van der Waals surface area contributed by atoms with Crippen LogP contribution in [0.2, 0.25) is 0 Å². The minimum Gasteiger partial charge on any atom is -0.366 e. The van der Waals surface area contributed by atoms with Crippen molar-refractivity contribution in [2.24, 2.45) is 10.9 Å². The lowest BCUT2D eigenvalue weighted by Gasteiger charge is -2.31. The third-order valence-electron chi connectivity index (χ3n) is 5.20. The van der Waals surface area contributed by atoms with Gasteiger partial charge in [-0.2, -0.15) is 31.3 Å². The summed E-state index contributed by atoms with van der Waals surface area (Å²) in [5.41, 5.74) is -2.75. The van der Waals surface area contributed by atoms with E-state index in [2.05, 4.69) is 16.9 Å². The van der Waals surface area contributed by atoms with Gasteiger partial charge in [0.05, 0.1) is 16.0 Å². The molecule has 0 atom stereocenters. The van der Waals surface area contributed by atoms with Crippen molar-refractivity contribution in [1.29, 1.82) is 0 Å². The van der Waals surface area contributed by atoms with Crippen molar-refractivity contribution < 1.29 is 31.1 Å². The number of amides is 1. The molecule has 0 aromatic heterocycles. The van der Waals surface area contributed by atoms with Gasteiger partial charge in [0.2, 0.25) is 0 Å². The van der Waals surface area contributed by atoms with Crippen LogP contribution in [0.15, 0.2) is 46.8 Å². The largest absolute Gasteiger partial charge is 0.416 e. The Balaban J connectivity index is 1.66. The van der Waals surface area contributed by atoms with E-state index in [-0.39, 0.29) is 29.3 Å². The molecule has 2 heterocycles. The van der Waals surface area contributed by atoms with Gasteiger partial charge < -0.3 is 5.32 Å². The lowest BCUT2D eigenvalue weighted by atomic mass is 9.95. The van der Waals surface area contributed by atoms with Gasteiger partial charge in [0, 0.05) is 13.1 Å². The number of alkyl halides is 6. The highest BCUT2D eigenvalue weighted by atomic mass is 32.2. The first kappa shape index (κ1) is 24.4. The van der Waals surface area contributed by atoms with Gasteiger partial charge in [0.15, 0.2) is 0 Å². The number of hydrogen-bond acceptors (Lipinski definition) is 4. The Morgan fingerprint density at radius 3 is 2.44 bits per heavy atom. The molecule has 11 heteroatoms. The third-order valence-corrected chi connectivity index (χ3v) is 6.02. The number of benzene rings is 1. The summed E-state index contributed by atoms with van der Waals surface area (Å²) in [5, 5.41) is 2.69. The summed E-state index contributed by atoms with van der Waals surface area (Å²) >= 11 is 1.02. The highest BCUT2D eigenvalue weighted by Gasteiger charge is 2.38. The van der Waals surface area contributed by atoms with E-state index in [0.717, 1.165) is 22.7 Å². The number of amidine groups is 1. The molecule has 1 aromatic carbocycles. The molecule has 2 aliphatic rings. The van der Waals surface area contributed by atoms with Crippen molar-refractivity contribution in [2.75, 3.05) is 19.6 Å². The van der Waals surface area contributed by atoms with Gasteiger partial charge in [-0.25, -0.2) is 0 Å². The van der Waals surface area contributed by atoms with Gasteiger partial charge >= 0.3 is 17.6 Å². The predicted octanol–water partition coefficient (Wildman–Crippen LogP) is 5.86. The van der Waals surface area contributed by atoms with E-state index >= 15 is 0 Å². The van der Waals surface area contributed by atoms with E-state index in [1.54, 1.807) is 11.0 Å². The molecule has 1 amide bonds. The quantitative estimate of drug-likeness (QED) is 0.426. The van der Waals surface area contributed by atoms with E-state index in [0.29, 0.717) is 44.4 Å². The lowest BCUT2D eigenvalue weighted by molar-refractivity contribution is -0.143. The van der Waals surface area contributed by atoms with Gasteiger partial charge in [-0.1, -0.05) is 18.2 Å². The molecule has 3 rings (SSSR count). The molecule has 174 valence electrons. The number of likely N-dealkylation sites (tertiary alicyclic amines) is 1. The number of thioether (sulfide) groups is 1. The van der Waals surface area contributed by atoms with E-state index in [1.165, 1.54) is 0 Å². The number of carbonyl (C=O) groups is 1. The molecular weight excluding hydrogens is 456 g/mol. The fourth-order valence-electron chi connectivity index (χ4n) is 3.61. The fourth-order valence-corrected chi connectivity index (χ4v) is 4.41. The zero-order valence-electron chi connectivity index (χ0n) is 16.9. The van der Waals surface area contributed by atoms with Crippen molar-refractivity contribution in [2.45, 2.75) is 31.7 Å². The first-order valence-electron chi connectivity index (χ1n) is 9.84. The first-order chi connectivity index (χ1) is 15.0. The molecule has 0 unspecified atom stereocenters. The number of halogens is 6. The summed E-state index contributed by atoms with van der Waals surface area (Å²) in [5.74, 6) is 0.604. The van der Waals surface area contributed by atoms with Crippen molar-refractivity contribution in [3.05, 3.63) is 58.5 Å². The maximum atomic E-state index is 13.4. The third kappa shape index (κ3) is 6.16. The molecule has 32 heavy (non-hydrogen) atoms. The van der Waals surface area contributed by atoms with Gasteiger partial charge in [0.25, 0.3) is 0 Å². The van der Waals surface area contributed by atoms with Gasteiger partial charge in [0.1, 0.15) is 5.84 Å². The molecular formula is C21H21F6N3OS. The summed E-state index contributed by atoms with van der Waals surface area (Å²) in [6.45, 7) is 4.94. The Labute approximate surface area is 185 Å². The van der Waals surface area contributed by atoms with E-state index in [4.69, 9.17) is 0 Å². The average Bonchev–Trinajstić information content (AvgIpc) is 3.05. The maximum absolute atomic E-state index is 13.4. The van der Waals surface area contributed by atoms with Crippen molar-refractivity contribution in [3.8, 4) is 0 Å². The van der Waals surface area contributed by atoms with Crippen LogP contribution in [0.25, 0.3) is 0 Å². The van der Waals surface area contributed by atoms with Crippen LogP contribution in [0.1, 0.15) is 29.5 Å². The summed E-state index contributed by atoms with van der Waals surface area (Å²) in [6.07, 6.45) is -4.83. The molecule has 0 bridgehead atoms. The van der Waals surface area contributed by atoms with E-state index in [9.17, 15) is 31.1 Å². The van der Waals surface area contributed by atoms with Crippen LogP contribution in [0.3, 0.4) is 0 Å². The molecule has 1 saturated heterocycles. The molecule has 0 radical (unpaired) electrons. The minimum absolute atomic E-state index is 0.0862. The second-order valence-electron chi connectivity index (χ2n) is 7.51. The standard InChI is InChI=1S/C21H21F6N3OS/c1-2-7-28-18-17(32-19(31)29-18)10-13-5-8-30(9-6-13)12-14-3-4-15(20(22,23)24)11-16(14)21(25,26)27/h2-4,10-11,13H,1,5-9,12H2,(H,28,29,31)/b17-10-. The number of rotatable bonds is 5. The smallest absolute Gasteiger partial charge is 0.366 e. The number of piperidine rings is 1. The van der Waals surface area contributed by atoms with Crippen LogP contribution < -0.4 is 5.32 Å². The summed E-state index contributed by atoms with van der Waals surface area (Å²) in [7, 11) is 0. The maximum Gasteiger partial charge on any atom is 0.416 e. The Bertz CT molecular complexity index is 930. The normalized spacial score (nSPS) is 20.0.